The number of hydrogen-bond acceptors (Lipinski definition) is 4. The van der Waals surface area contributed by atoms with Crippen molar-refractivity contribution in [1.29, 1.82) is 0 Å². The second kappa shape index (κ2) is 9.38. The number of pyridine rings is 1. The minimum absolute atomic E-state index is 0.0420. The van der Waals surface area contributed by atoms with E-state index >= 15 is 0 Å². The standard InChI is InChI=1S/C22H22N2O3/c1-17(19-11-13-23-14-12-19)24-22(25)16-27-21-9-7-20(8-10-21)26-15-18-5-3-2-4-6-18/h2-14,17H,15-16H2,1H3,(H,24,25). The van der Waals surface area contributed by atoms with Gasteiger partial charge in [-0.1, -0.05) is 30.3 Å². The molecule has 1 aromatic heterocycles. The van der Waals surface area contributed by atoms with Gasteiger partial charge < -0.3 is 14.8 Å². The van der Waals surface area contributed by atoms with Gasteiger partial charge in [-0.05, 0) is 54.4 Å². The lowest BCUT2D eigenvalue weighted by molar-refractivity contribution is -0.123. The Bertz CT molecular complexity index is 836. The van der Waals surface area contributed by atoms with Gasteiger partial charge in [-0.25, -0.2) is 0 Å². The molecule has 0 bridgehead atoms. The number of carbonyl (C=O) groups excluding carboxylic acids is 1. The average Bonchev–Trinajstić information content (AvgIpc) is 2.73. The highest BCUT2D eigenvalue weighted by atomic mass is 16.5. The molecular weight excluding hydrogens is 340 g/mol. The van der Waals surface area contributed by atoms with Crippen LogP contribution in [0.5, 0.6) is 11.5 Å². The number of carbonyl (C=O) groups is 1. The van der Waals surface area contributed by atoms with E-state index in [0.717, 1.165) is 16.9 Å². The van der Waals surface area contributed by atoms with Gasteiger partial charge in [0, 0.05) is 12.4 Å². The van der Waals surface area contributed by atoms with Gasteiger partial charge in [0.15, 0.2) is 6.61 Å². The Morgan fingerprint density at radius 3 is 2.22 bits per heavy atom. The second-order valence-corrected chi connectivity index (χ2v) is 6.10. The molecule has 0 aliphatic carbocycles. The molecule has 0 aliphatic heterocycles. The predicted molar refractivity (Wildman–Crippen MR) is 104 cm³/mol. The molecule has 1 amide bonds. The van der Waals surface area contributed by atoms with Crippen molar-refractivity contribution < 1.29 is 14.3 Å². The summed E-state index contributed by atoms with van der Waals surface area (Å²) >= 11 is 0. The first-order valence-corrected chi connectivity index (χ1v) is 8.79. The lowest BCUT2D eigenvalue weighted by atomic mass is 10.1. The number of rotatable bonds is 8. The molecule has 0 fully saturated rings. The molecule has 1 unspecified atom stereocenters. The Labute approximate surface area is 159 Å². The van der Waals surface area contributed by atoms with Gasteiger partial charge in [-0.2, -0.15) is 0 Å². The van der Waals surface area contributed by atoms with Crippen molar-refractivity contribution in [3.8, 4) is 11.5 Å². The third-order valence-electron chi connectivity index (χ3n) is 4.03. The molecule has 1 heterocycles. The zero-order valence-corrected chi connectivity index (χ0v) is 15.2. The third-order valence-corrected chi connectivity index (χ3v) is 4.03. The Hall–Kier alpha value is -3.34. The lowest BCUT2D eigenvalue weighted by Crippen LogP contribution is -2.31. The predicted octanol–water partition coefficient (Wildman–Crippen LogP) is 3.92. The quantitative estimate of drug-likeness (QED) is 0.660. The third kappa shape index (κ3) is 5.85. The summed E-state index contributed by atoms with van der Waals surface area (Å²) in [6.45, 7) is 2.39. The van der Waals surface area contributed by atoms with Crippen molar-refractivity contribution in [1.82, 2.24) is 10.3 Å². The van der Waals surface area contributed by atoms with E-state index in [9.17, 15) is 4.79 Å². The molecule has 1 atom stereocenters. The number of ether oxygens (including phenoxy) is 2. The highest BCUT2D eigenvalue weighted by Gasteiger charge is 2.10. The van der Waals surface area contributed by atoms with Gasteiger partial charge in [0.25, 0.3) is 5.91 Å². The van der Waals surface area contributed by atoms with E-state index in [0.29, 0.717) is 12.4 Å². The maximum absolute atomic E-state index is 12.0. The minimum Gasteiger partial charge on any atom is -0.489 e. The molecular formula is C22H22N2O3. The Morgan fingerprint density at radius 1 is 0.926 bits per heavy atom. The molecule has 2 aromatic carbocycles. The van der Waals surface area contributed by atoms with Crippen LogP contribution in [0, 0.1) is 0 Å². The first-order valence-electron chi connectivity index (χ1n) is 8.79. The van der Waals surface area contributed by atoms with E-state index in [4.69, 9.17) is 9.47 Å². The zero-order chi connectivity index (χ0) is 18.9. The number of nitrogens with zero attached hydrogens (tertiary/aromatic N) is 1. The number of nitrogens with one attached hydrogen (secondary N) is 1. The van der Waals surface area contributed by atoms with Crippen molar-refractivity contribution in [2.75, 3.05) is 6.61 Å². The molecule has 0 saturated heterocycles. The average molecular weight is 362 g/mol. The highest BCUT2D eigenvalue weighted by molar-refractivity contribution is 5.78. The number of hydrogen-bond donors (Lipinski definition) is 1. The van der Waals surface area contributed by atoms with E-state index in [1.165, 1.54) is 0 Å². The molecule has 27 heavy (non-hydrogen) atoms. The van der Waals surface area contributed by atoms with Crippen molar-refractivity contribution in [3.05, 3.63) is 90.3 Å². The fourth-order valence-corrected chi connectivity index (χ4v) is 2.54. The Morgan fingerprint density at radius 2 is 1.56 bits per heavy atom. The van der Waals surface area contributed by atoms with Crippen molar-refractivity contribution in [3.63, 3.8) is 0 Å². The summed E-state index contributed by atoms with van der Waals surface area (Å²) in [4.78, 5) is 16.0. The maximum atomic E-state index is 12.0. The van der Waals surface area contributed by atoms with Crippen molar-refractivity contribution >= 4 is 5.91 Å². The summed E-state index contributed by atoms with van der Waals surface area (Å²) in [5.74, 6) is 1.19. The summed E-state index contributed by atoms with van der Waals surface area (Å²) in [5, 5.41) is 2.90. The van der Waals surface area contributed by atoms with E-state index in [-0.39, 0.29) is 18.6 Å². The first-order chi connectivity index (χ1) is 13.2. The van der Waals surface area contributed by atoms with Crippen LogP contribution in [0.15, 0.2) is 79.1 Å². The molecule has 5 heteroatoms. The highest BCUT2D eigenvalue weighted by Crippen LogP contribution is 2.19. The van der Waals surface area contributed by atoms with Crippen LogP contribution in [0.25, 0.3) is 0 Å². The summed E-state index contributed by atoms with van der Waals surface area (Å²) in [6, 6.07) is 20.9. The van der Waals surface area contributed by atoms with E-state index in [1.54, 1.807) is 24.5 Å². The summed E-state index contributed by atoms with van der Waals surface area (Å²) in [6.07, 6.45) is 3.41. The molecule has 0 aliphatic rings. The number of aromatic nitrogens is 1. The topological polar surface area (TPSA) is 60.5 Å². The lowest BCUT2D eigenvalue weighted by Gasteiger charge is -2.14. The first kappa shape index (κ1) is 18.5. The summed E-state index contributed by atoms with van der Waals surface area (Å²) in [5.41, 5.74) is 2.11. The normalized spacial score (nSPS) is 11.4. The Kier molecular flexibility index (Phi) is 6.41. The van der Waals surface area contributed by atoms with Gasteiger partial charge in [0.05, 0.1) is 6.04 Å². The monoisotopic (exact) mass is 362 g/mol. The largest absolute Gasteiger partial charge is 0.489 e. The van der Waals surface area contributed by atoms with E-state index in [2.05, 4.69) is 10.3 Å². The molecule has 0 spiro atoms. The van der Waals surface area contributed by atoms with Crippen molar-refractivity contribution in [2.45, 2.75) is 19.6 Å². The minimum atomic E-state index is -0.177. The van der Waals surface area contributed by atoms with Gasteiger partial charge in [0.2, 0.25) is 0 Å². The molecule has 0 saturated carbocycles. The van der Waals surface area contributed by atoms with Crippen LogP contribution in [0.3, 0.4) is 0 Å². The van der Waals surface area contributed by atoms with Gasteiger partial charge in [-0.3, -0.25) is 9.78 Å². The molecule has 1 N–H and O–H groups in total. The SMILES string of the molecule is CC(NC(=O)COc1ccc(OCc2ccccc2)cc1)c1ccncc1. The maximum Gasteiger partial charge on any atom is 0.258 e. The fourth-order valence-electron chi connectivity index (χ4n) is 2.54. The fraction of sp³-hybridized carbons (Fsp3) is 0.182. The number of benzene rings is 2. The van der Waals surface area contributed by atoms with Crippen LogP contribution in [0.1, 0.15) is 24.1 Å². The van der Waals surface area contributed by atoms with E-state index < -0.39 is 0 Å². The molecule has 3 rings (SSSR count). The van der Waals surface area contributed by atoms with Gasteiger partial charge >= 0.3 is 0 Å². The van der Waals surface area contributed by atoms with Crippen LogP contribution in [-0.2, 0) is 11.4 Å². The van der Waals surface area contributed by atoms with Crippen LogP contribution in [-0.4, -0.2) is 17.5 Å². The van der Waals surface area contributed by atoms with Crippen molar-refractivity contribution in [2.24, 2.45) is 0 Å². The molecule has 3 aromatic rings. The number of amides is 1. The van der Waals surface area contributed by atoms with Crippen LogP contribution in [0.2, 0.25) is 0 Å². The second-order valence-electron chi connectivity index (χ2n) is 6.10. The Balaban J connectivity index is 1.43. The molecule has 0 radical (unpaired) electrons. The zero-order valence-electron chi connectivity index (χ0n) is 15.2. The van der Waals surface area contributed by atoms with Crippen LogP contribution in [0.4, 0.5) is 0 Å². The summed E-state index contributed by atoms with van der Waals surface area (Å²) < 4.78 is 11.3. The van der Waals surface area contributed by atoms with Gasteiger partial charge in [-0.15, -0.1) is 0 Å². The molecule has 138 valence electrons. The van der Waals surface area contributed by atoms with Gasteiger partial charge in [0.1, 0.15) is 18.1 Å². The van der Waals surface area contributed by atoms with E-state index in [1.807, 2.05) is 61.5 Å². The molecule has 5 nitrogen and oxygen atoms in total. The smallest absolute Gasteiger partial charge is 0.258 e. The van der Waals surface area contributed by atoms with Crippen LogP contribution >= 0.6 is 0 Å². The summed E-state index contributed by atoms with van der Waals surface area (Å²) in [7, 11) is 0. The van der Waals surface area contributed by atoms with Crippen LogP contribution < -0.4 is 14.8 Å².